The van der Waals surface area contributed by atoms with Crippen molar-refractivity contribution >= 4 is 17.7 Å². The molecular formula is C14H19NO2S. The molecule has 1 aromatic carbocycles. The number of ether oxygens (including phenoxy) is 1. The summed E-state index contributed by atoms with van der Waals surface area (Å²) in [6, 6.07) is 7.99. The van der Waals surface area contributed by atoms with Gasteiger partial charge in [0.25, 0.3) is 0 Å². The van der Waals surface area contributed by atoms with Crippen LogP contribution in [-0.4, -0.2) is 30.2 Å². The van der Waals surface area contributed by atoms with E-state index in [4.69, 9.17) is 4.74 Å². The summed E-state index contributed by atoms with van der Waals surface area (Å²) in [5.41, 5.74) is 1.17. The van der Waals surface area contributed by atoms with Gasteiger partial charge in [-0.2, -0.15) is 0 Å². The van der Waals surface area contributed by atoms with Crippen molar-refractivity contribution in [1.82, 2.24) is 4.90 Å². The van der Waals surface area contributed by atoms with Crippen LogP contribution in [0.4, 0.5) is 0 Å². The number of methoxy groups -OCH3 is 1. The second-order valence-electron chi connectivity index (χ2n) is 4.88. The second kappa shape index (κ2) is 5.65. The van der Waals surface area contributed by atoms with Crippen molar-refractivity contribution in [1.29, 1.82) is 0 Å². The number of rotatable bonds is 4. The number of hydrogen-bond donors (Lipinski definition) is 0. The Balaban J connectivity index is 2.17. The average molecular weight is 265 g/mol. The van der Waals surface area contributed by atoms with Crippen molar-refractivity contribution in [2.75, 3.05) is 19.4 Å². The molecule has 4 heteroatoms. The van der Waals surface area contributed by atoms with Crippen LogP contribution in [0.5, 0.6) is 5.75 Å². The van der Waals surface area contributed by atoms with Crippen LogP contribution in [-0.2, 0) is 4.79 Å². The first-order valence-corrected chi connectivity index (χ1v) is 7.21. The zero-order valence-electron chi connectivity index (χ0n) is 11.1. The Morgan fingerprint density at radius 1 is 1.39 bits per heavy atom. The maximum atomic E-state index is 11.9. The molecule has 1 atom stereocenters. The van der Waals surface area contributed by atoms with Gasteiger partial charge >= 0.3 is 0 Å². The van der Waals surface area contributed by atoms with Gasteiger partial charge in [-0.15, -0.1) is 11.8 Å². The van der Waals surface area contributed by atoms with Gasteiger partial charge in [-0.05, 0) is 23.6 Å². The molecule has 0 N–H and O–H groups in total. The third kappa shape index (κ3) is 2.80. The molecule has 98 valence electrons. The van der Waals surface area contributed by atoms with Gasteiger partial charge in [0.05, 0.1) is 12.9 Å². The van der Waals surface area contributed by atoms with Crippen LogP contribution in [0.1, 0.15) is 24.8 Å². The number of hydrogen-bond acceptors (Lipinski definition) is 3. The summed E-state index contributed by atoms with van der Waals surface area (Å²) in [7, 11) is 1.66. The van der Waals surface area contributed by atoms with E-state index in [2.05, 4.69) is 13.8 Å². The number of thioether (sulfide) groups is 1. The molecule has 1 heterocycles. The zero-order chi connectivity index (χ0) is 13.1. The third-order valence-corrected chi connectivity index (χ3v) is 4.19. The van der Waals surface area contributed by atoms with Gasteiger partial charge < -0.3 is 9.64 Å². The lowest BCUT2D eigenvalue weighted by atomic mass is 10.1. The molecule has 2 rings (SSSR count). The number of amides is 1. The molecule has 1 amide bonds. The Hall–Kier alpha value is -1.16. The van der Waals surface area contributed by atoms with Gasteiger partial charge in [0.15, 0.2) is 0 Å². The third-order valence-electron chi connectivity index (χ3n) is 2.93. The van der Waals surface area contributed by atoms with Gasteiger partial charge in [-0.25, -0.2) is 0 Å². The van der Waals surface area contributed by atoms with Crippen LogP contribution in [0.15, 0.2) is 24.3 Å². The molecular weight excluding hydrogens is 246 g/mol. The minimum atomic E-state index is 0.158. The summed E-state index contributed by atoms with van der Waals surface area (Å²) >= 11 is 1.70. The van der Waals surface area contributed by atoms with Crippen LogP contribution in [0.25, 0.3) is 0 Å². The minimum Gasteiger partial charge on any atom is -0.497 e. The topological polar surface area (TPSA) is 29.5 Å². The summed E-state index contributed by atoms with van der Waals surface area (Å²) in [4.78, 5) is 13.9. The monoisotopic (exact) mass is 265 g/mol. The van der Waals surface area contributed by atoms with Gasteiger partial charge in [0.2, 0.25) is 5.91 Å². The Labute approximate surface area is 113 Å². The quantitative estimate of drug-likeness (QED) is 0.838. The Morgan fingerprint density at radius 2 is 2.06 bits per heavy atom. The van der Waals surface area contributed by atoms with Crippen LogP contribution in [0.2, 0.25) is 0 Å². The summed E-state index contributed by atoms with van der Waals surface area (Å²) in [6.07, 6.45) is 0. The van der Waals surface area contributed by atoms with Crippen LogP contribution in [0, 0.1) is 5.92 Å². The van der Waals surface area contributed by atoms with Crippen molar-refractivity contribution in [3.8, 4) is 5.75 Å². The standard InChI is InChI=1S/C14H19NO2S/c1-10(2)8-15-13(16)9-18-14(15)11-4-6-12(17-3)7-5-11/h4-7,10,14H,8-9H2,1-3H3. The van der Waals surface area contributed by atoms with Gasteiger partial charge in [0.1, 0.15) is 11.1 Å². The number of nitrogens with zero attached hydrogens (tertiary/aromatic N) is 1. The van der Waals surface area contributed by atoms with E-state index in [-0.39, 0.29) is 11.3 Å². The molecule has 3 nitrogen and oxygen atoms in total. The fraction of sp³-hybridized carbons (Fsp3) is 0.500. The summed E-state index contributed by atoms with van der Waals surface area (Å²) in [5.74, 6) is 2.18. The fourth-order valence-corrected chi connectivity index (χ4v) is 3.29. The molecule has 0 saturated carbocycles. The van der Waals surface area contributed by atoms with Crippen molar-refractivity contribution in [2.45, 2.75) is 19.2 Å². The maximum absolute atomic E-state index is 11.9. The lowest BCUT2D eigenvalue weighted by Gasteiger charge is -2.26. The predicted molar refractivity (Wildman–Crippen MR) is 74.7 cm³/mol. The molecule has 0 radical (unpaired) electrons. The van der Waals surface area contributed by atoms with E-state index in [0.29, 0.717) is 11.7 Å². The van der Waals surface area contributed by atoms with Crippen LogP contribution < -0.4 is 4.74 Å². The predicted octanol–water partition coefficient (Wildman–Crippen LogP) is 2.93. The number of carbonyl (C=O) groups is 1. The molecule has 1 aromatic rings. The summed E-state index contributed by atoms with van der Waals surface area (Å²) in [6.45, 7) is 5.10. The van der Waals surface area contributed by atoms with Crippen molar-refractivity contribution < 1.29 is 9.53 Å². The molecule has 1 fully saturated rings. The summed E-state index contributed by atoms with van der Waals surface area (Å²) < 4.78 is 5.16. The summed E-state index contributed by atoms with van der Waals surface area (Å²) in [5, 5.41) is 0.158. The molecule has 0 aliphatic carbocycles. The van der Waals surface area contributed by atoms with Crippen molar-refractivity contribution in [2.24, 2.45) is 5.92 Å². The SMILES string of the molecule is COc1ccc(C2SCC(=O)N2CC(C)C)cc1. The molecule has 1 aliphatic rings. The first-order chi connectivity index (χ1) is 8.61. The molecule has 1 saturated heterocycles. The van der Waals surface area contributed by atoms with Crippen molar-refractivity contribution in [3.63, 3.8) is 0 Å². The highest BCUT2D eigenvalue weighted by atomic mass is 32.2. The molecule has 18 heavy (non-hydrogen) atoms. The zero-order valence-corrected chi connectivity index (χ0v) is 11.9. The van der Waals surface area contributed by atoms with Crippen molar-refractivity contribution in [3.05, 3.63) is 29.8 Å². The molecule has 0 bridgehead atoms. The lowest BCUT2D eigenvalue weighted by molar-refractivity contribution is -0.128. The van der Waals surface area contributed by atoms with Gasteiger partial charge in [-0.1, -0.05) is 26.0 Å². The smallest absolute Gasteiger partial charge is 0.233 e. The highest BCUT2D eigenvalue weighted by molar-refractivity contribution is 8.00. The van der Waals surface area contributed by atoms with Gasteiger partial charge in [0, 0.05) is 6.54 Å². The molecule has 1 unspecified atom stereocenters. The average Bonchev–Trinajstić information content (AvgIpc) is 2.71. The van der Waals surface area contributed by atoms with E-state index in [0.717, 1.165) is 12.3 Å². The Kier molecular flexibility index (Phi) is 4.17. The maximum Gasteiger partial charge on any atom is 0.233 e. The van der Waals surface area contributed by atoms with E-state index in [1.807, 2.05) is 29.2 Å². The first kappa shape index (κ1) is 13.3. The first-order valence-electron chi connectivity index (χ1n) is 6.17. The molecule has 0 aromatic heterocycles. The normalized spacial score (nSPS) is 19.7. The second-order valence-corrected chi connectivity index (χ2v) is 5.95. The van der Waals surface area contributed by atoms with E-state index in [1.165, 1.54) is 5.56 Å². The highest BCUT2D eigenvalue weighted by Gasteiger charge is 2.32. The number of carbonyl (C=O) groups excluding carboxylic acids is 1. The van der Waals surface area contributed by atoms with Gasteiger partial charge in [-0.3, -0.25) is 4.79 Å². The molecule has 1 aliphatic heterocycles. The minimum absolute atomic E-state index is 0.158. The fourth-order valence-electron chi connectivity index (χ4n) is 2.09. The Bertz CT molecular complexity index is 416. The van der Waals surface area contributed by atoms with E-state index in [9.17, 15) is 4.79 Å². The van der Waals surface area contributed by atoms with Crippen LogP contribution in [0.3, 0.4) is 0 Å². The van der Waals surface area contributed by atoms with Crippen LogP contribution >= 0.6 is 11.8 Å². The molecule has 0 spiro atoms. The van der Waals surface area contributed by atoms with E-state index >= 15 is 0 Å². The Morgan fingerprint density at radius 3 is 2.61 bits per heavy atom. The van der Waals surface area contributed by atoms with E-state index in [1.54, 1.807) is 18.9 Å². The number of benzene rings is 1. The lowest BCUT2D eigenvalue weighted by Crippen LogP contribution is -2.31. The van der Waals surface area contributed by atoms with E-state index < -0.39 is 0 Å². The largest absolute Gasteiger partial charge is 0.497 e. The highest BCUT2D eigenvalue weighted by Crippen LogP contribution is 2.39.